The van der Waals surface area contributed by atoms with Gasteiger partial charge in [-0.2, -0.15) is 0 Å². The quantitative estimate of drug-likeness (QED) is 0.278. The van der Waals surface area contributed by atoms with E-state index in [2.05, 4.69) is 32.4 Å². The van der Waals surface area contributed by atoms with Gasteiger partial charge < -0.3 is 25.5 Å². The van der Waals surface area contributed by atoms with E-state index in [0.717, 1.165) is 22.3 Å². The molecule has 5 aliphatic rings. The molecule has 4 aliphatic carbocycles. The van der Waals surface area contributed by atoms with Crippen LogP contribution in [-0.4, -0.2) is 73.8 Å². The highest BCUT2D eigenvalue weighted by atomic mass is 32.2. The van der Waals surface area contributed by atoms with Crippen LogP contribution in [0.15, 0.2) is 72.4 Å². The molecule has 0 saturated heterocycles. The normalized spacial score (nSPS) is 28.3. The molecule has 4 N–H and O–H groups in total. The number of sulfonamides is 1. The molecular formula is C39H45N5O8S. The number of rotatable bonds is 6. The molecule has 2 aromatic carbocycles. The van der Waals surface area contributed by atoms with Crippen LogP contribution < -0.4 is 25.4 Å². The van der Waals surface area contributed by atoms with E-state index >= 15 is 0 Å². The van der Waals surface area contributed by atoms with E-state index in [1.54, 1.807) is 12.2 Å². The van der Waals surface area contributed by atoms with Crippen LogP contribution in [0, 0.1) is 23.2 Å². The van der Waals surface area contributed by atoms with Crippen LogP contribution in [0.2, 0.25) is 0 Å². The molecule has 280 valence electrons. The number of nitrogens with one attached hydrogen (secondary N) is 4. The molecule has 13 nitrogen and oxygen atoms in total. The van der Waals surface area contributed by atoms with Crippen LogP contribution in [0.1, 0.15) is 64.0 Å². The van der Waals surface area contributed by atoms with Crippen molar-refractivity contribution in [3.63, 3.8) is 0 Å². The molecule has 0 radical (unpaired) electrons. The monoisotopic (exact) mass is 743 g/mol. The molecule has 1 heterocycles. The standard InChI is InChI=1S/C39H45N5O8S/c1-5-22-21-39(22,37(48)44-53(49,50)25-13-14-25)42-35(46)31-20-24-19-30(31)34(45)41-33(38(2,3)4)36(47)40-16-8-9-17-51-23-12-15-27-26-10-6-7-11-28(26)32(43-52-24)29(27)18-23/h5-12,15,18,22,24-25,30-31,33H,1,13-14,16-17,19-21H2,2-4H3,(H,40,47)(H,41,45)(H,42,46)(H,44,48)/t22-,24+,30-,31-,33+,39-/m1/s1. The summed E-state index contributed by atoms with van der Waals surface area (Å²) in [6, 6.07) is 12.6. The Bertz CT molecular complexity index is 2030. The summed E-state index contributed by atoms with van der Waals surface area (Å²) >= 11 is 0. The Morgan fingerprint density at radius 3 is 2.43 bits per heavy atom. The molecule has 2 aromatic rings. The van der Waals surface area contributed by atoms with Gasteiger partial charge in [0.2, 0.25) is 27.7 Å². The summed E-state index contributed by atoms with van der Waals surface area (Å²) in [6.07, 6.45) is 5.66. The lowest BCUT2D eigenvalue weighted by Crippen LogP contribution is -2.56. The Hall–Kier alpha value is -4.98. The average Bonchev–Trinajstić information content (AvgIpc) is 4.03. The molecule has 14 heteroatoms. The van der Waals surface area contributed by atoms with Gasteiger partial charge in [-0.15, -0.1) is 6.58 Å². The molecule has 4 bridgehead atoms. The topological polar surface area (TPSA) is 181 Å². The van der Waals surface area contributed by atoms with Gasteiger partial charge in [-0.1, -0.05) is 62.3 Å². The minimum absolute atomic E-state index is 0.0758. The first-order valence-corrected chi connectivity index (χ1v) is 19.6. The van der Waals surface area contributed by atoms with Gasteiger partial charge in [0.15, 0.2) is 0 Å². The summed E-state index contributed by atoms with van der Waals surface area (Å²) in [5.41, 5.74) is 1.99. The Labute approximate surface area is 309 Å². The predicted molar refractivity (Wildman–Crippen MR) is 197 cm³/mol. The van der Waals surface area contributed by atoms with Crippen LogP contribution in [-0.2, 0) is 34.0 Å². The number of carbonyl (C=O) groups is 4. The van der Waals surface area contributed by atoms with E-state index in [1.165, 1.54) is 6.08 Å². The zero-order valence-corrected chi connectivity index (χ0v) is 30.8. The third-order valence-corrected chi connectivity index (χ3v) is 12.6. The summed E-state index contributed by atoms with van der Waals surface area (Å²) < 4.78 is 33.5. The van der Waals surface area contributed by atoms with E-state index < -0.39 is 79.8 Å². The van der Waals surface area contributed by atoms with E-state index in [0.29, 0.717) is 24.3 Å². The summed E-state index contributed by atoms with van der Waals surface area (Å²) in [5.74, 6) is -4.17. The number of carbonyl (C=O) groups excluding carboxylic acids is 4. The van der Waals surface area contributed by atoms with Gasteiger partial charge in [-0.05, 0) is 72.9 Å². The molecule has 0 unspecified atom stereocenters. The number of nitrogens with zero attached hydrogens (tertiary/aromatic N) is 1. The number of hydrogen-bond donors (Lipinski definition) is 4. The number of oxime groups is 1. The van der Waals surface area contributed by atoms with Crippen LogP contribution in [0.5, 0.6) is 5.75 Å². The van der Waals surface area contributed by atoms with Crippen molar-refractivity contribution >= 4 is 39.4 Å². The Morgan fingerprint density at radius 2 is 1.74 bits per heavy atom. The minimum Gasteiger partial charge on any atom is -0.490 e. The van der Waals surface area contributed by atoms with Gasteiger partial charge in [-0.25, -0.2) is 8.42 Å². The van der Waals surface area contributed by atoms with Crippen LogP contribution in [0.3, 0.4) is 0 Å². The largest absolute Gasteiger partial charge is 0.490 e. The molecule has 6 atom stereocenters. The van der Waals surface area contributed by atoms with Crippen LogP contribution in [0.25, 0.3) is 11.1 Å². The Kier molecular flexibility index (Phi) is 9.46. The van der Waals surface area contributed by atoms with E-state index in [9.17, 15) is 27.6 Å². The van der Waals surface area contributed by atoms with Gasteiger partial charge in [0.05, 0.1) is 17.1 Å². The highest BCUT2D eigenvalue weighted by molar-refractivity contribution is 7.91. The molecule has 0 spiro atoms. The zero-order valence-electron chi connectivity index (χ0n) is 30.0. The lowest BCUT2D eigenvalue weighted by Gasteiger charge is -2.32. The fourth-order valence-electron chi connectivity index (χ4n) is 7.51. The van der Waals surface area contributed by atoms with Crippen molar-refractivity contribution < 1.29 is 37.2 Å². The lowest BCUT2D eigenvalue weighted by molar-refractivity contribution is -0.138. The number of benzene rings is 2. The van der Waals surface area contributed by atoms with Crippen LogP contribution in [0.4, 0.5) is 0 Å². The summed E-state index contributed by atoms with van der Waals surface area (Å²) in [7, 11) is -3.88. The minimum atomic E-state index is -3.88. The molecule has 7 rings (SSSR count). The number of hydrogen-bond acceptors (Lipinski definition) is 9. The van der Waals surface area contributed by atoms with Crippen molar-refractivity contribution in [2.75, 3.05) is 13.2 Å². The second-order valence-electron chi connectivity index (χ2n) is 15.6. The first kappa shape index (κ1) is 36.4. The van der Waals surface area contributed by atoms with Crippen molar-refractivity contribution in [3.05, 3.63) is 78.4 Å². The Morgan fingerprint density at radius 1 is 1.00 bits per heavy atom. The molecule has 1 aliphatic heterocycles. The summed E-state index contributed by atoms with van der Waals surface area (Å²) in [6.45, 7) is 9.75. The molecule has 3 saturated carbocycles. The van der Waals surface area contributed by atoms with Crippen molar-refractivity contribution in [1.29, 1.82) is 0 Å². The predicted octanol–water partition coefficient (Wildman–Crippen LogP) is 3.10. The SMILES string of the molecule is C=C[C@@H]1C[C@]1(NC(=O)[C@@H]1C[C@@H]2C[C@H]1C(=O)N[C@H](C(C)(C)C)C(=O)NCC=CCOc1ccc3c(c1)C(=NO2)c1ccccc1-3)C(=O)NS(=O)(=O)C1CC1. The first-order valence-electron chi connectivity index (χ1n) is 18.1. The van der Waals surface area contributed by atoms with Gasteiger partial charge >= 0.3 is 0 Å². The highest BCUT2D eigenvalue weighted by Crippen LogP contribution is 2.47. The molecule has 3 fully saturated rings. The number of fused-ring (bicyclic) bond motifs is 6. The first-order chi connectivity index (χ1) is 25.2. The van der Waals surface area contributed by atoms with E-state index in [1.807, 2.05) is 63.2 Å². The fraction of sp³-hybridized carbons (Fsp3) is 0.462. The third kappa shape index (κ3) is 7.20. The van der Waals surface area contributed by atoms with Crippen LogP contribution >= 0.6 is 0 Å². The molecule has 4 amide bonds. The van der Waals surface area contributed by atoms with Gasteiger partial charge in [0.1, 0.15) is 35.8 Å². The third-order valence-electron chi connectivity index (χ3n) is 10.8. The van der Waals surface area contributed by atoms with Gasteiger partial charge in [-0.3, -0.25) is 23.9 Å². The highest BCUT2D eigenvalue weighted by Gasteiger charge is 2.62. The summed E-state index contributed by atoms with van der Waals surface area (Å²) in [5, 5.41) is 12.6. The van der Waals surface area contributed by atoms with Gasteiger partial charge in [0.25, 0.3) is 5.91 Å². The molecule has 0 aromatic heterocycles. The zero-order chi connectivity index (χ0) is 37.7. The molecular weight excluding hydrogens is 699 g/mol. The summed E-state index contributed by atoms with van der Waals surface area (Å²) in [4.78, 5) is 61.5. The number of amides is 4. The van der Waals surface area contributed by atoms with E-state index in [4.69, 9.17) is 9.57 Å². The van der Waals surface area contributed by atoms with E-state index in [-0.39, 0.29) is 32.4 Å². The maximum absolute atomic E-state index is 14.2. The average molecular weight is 744 g/mol. The Balaban J connectivity index is 1.21. The number of ether oxygens (including phenoxy) is 1. The lowest BCUT2D eigenvalue weighted by atomic mass is 9.85. The van der Waals surface area contributed by atoms with Crippen molar-refractivity contribution in [1.82, 2.24) is 20.7 Å². The van der Waals surface area contributed by atoms with Crippen molar-refractivity contribution in [2.45, 2.75) is 75.8 Å². The van der Waals surface area contributed by atoms with Crippen molar-refractivity contribution in [2.24, 2.45) is 28.3 Å². The smallest absolute Gasteiger partial charge is 0.259 e. The molecule has 53 heavy (non-hydrogen) atoms. The second kappa shape index (κ2) is 13.8. The maximum atomic E-state index is 14.2. The fourth-order valence-corrected chi connectivity index (χ4v) is 8.87. The van der Waals surface area contributed by atoms with Crippen molar-refractivity contribution in [3.8, 4) is 16.9 Å². The maximum Gasteiger partial charge on any atom is 0.259 e. The van der Waals surface area contributed by atoms with Gasteiger partial charge in [0, 0.05) is 23.6 Å². The second-order valence-corrected chi connectivity index (χ2v) is 17.6.